The Morgan fingerprint density at radius 3 is 0.784 bits per heavy atom. The van der Waals surface area contributed by atoms with E-state index in [1.807, 2.05) is 0 Å². The Labute approximate surface area is 594 Å². The Morgan fingerprint density at radius 2 is 0.526 bits per heavy atom. The number of carbonyl (C=O) groups excluding carboxylic acids is 4. The van der Waals surface area contributed by atoms with Gasteiger partial charge in [-0.3, -0.25) is 37.3 Å². The summed E-state index contributed by atoms with van der Waals surface area (Å²) < 4.78 is 68.5. The number of esters is 4. The minimum Gasteiger partial charge on any atom is -0.462 e. The van der Waals surface area contributed by atoms with Crippen LogP contribution in [0.15, 0.2) is 0 Å². The summed E-state index contributed by atoms with van der Waals surface area (Å²) in [5.41, 5.74) is 0. The molecule has 17 nitrogen and oxygen atoms in total. The minimum absolute atomic E-state index is 0.103. The van der Waals surface area contributed by atoms with Gasteiger partial charge in [-0.25, -0.2) is 9.13 Å². The van der Waals surface area contributed by atoms with Gasteiger partial charge in [0.05, 0.1) is 26.4 Å². The maximum Gasteiger partial charge on any atom is 0.472 e. The van der Waals surface area contributed by atoms with Crippen LogP contribution in [-0.2, 0) is 65.4 Å². The monoisotopic (exact) mass is 1420 g/mol. The first-order valence-electron chi connectivity index (χ1n) is 40.4. The average Bonchev–Trinajstić information content (AvgIpc) is 1.59. The third-order valence-electron chi connectivity index (χ3n) is 18.5. The quantitative estimate of drug-likeness (QED) is 0.0222. The second-order valence-electron chi connectivity index (χ2n) is 29.3. The van der Waals surface area contributed by atoms with E-state index in [1.54, 1.807) is 0 Å². The number of unbranched alkanes of at least 4 members (excludes halogenated alkanes) is 43. The van der Waals surface area contributed by atoms with Crippen LogP contribution < -0.4 is 0 Å². The molecule has 576 valence electrons. The molecule has 0 aliphatic rings. The summed E-state index contributed by atoms with van der Waals surface area (Å²) in [6, 6.07) is 0. The summed E-state index contributed by atoms with van der Waals surface area (Å²) in [4.78, 5) is 72.8. The zero-order valence-corrected chi connectivity index (χ0v) is 65.3. The highest BCUT2D eigenvalue weighted by atomic mass is 31.2. The molecule has 19 heteroatoms. The summed E-state index contributed by atoms with van der Waals surface area (Å²) in [6.45, 7) is 11.8. The molecule has 0 aliphatic carbocycles. The fraction of sp³-hybridized carbons (Fsp3) is 0.949. The van der Waals surface area contributed by atoms with Crippen LogP contribution in [0.2, 0.25) is 0 Å². The summed E-state index contributed by atoms with van der Waals surface area (Å²) in [5.74, 6) is 0.128. The van der Waals surface area contributed by atoms with Crippen molar-refractivity contribution in [1.82, 2.24) is 0 Å². The molecular formula is C78H152O17P2. The maximum absolute atomic E-state index is 13.1. The van der Waals surface area contributed by atoms with Crippen LogP contribution in [-0.4, -0.2) is 96.7 Å². The fourth-order valence-electron chi connectivity index (χ4n) is 11.9. The lowest BCUT2D eigenvalue weighted by Crippen LogP contribution is -2.30. The molecule has 97 heavy (non-hydrogen) atoms. The van der Waals surface area contributed by atoms with Crippen molar-refractivity contribution >= 4 is 39.5 Å². The molecule has 0 amide bonds. The largest absolute Gasteiger partial charge is 0.472 e. The molecule has 0 aromatic heterocycles. The van der Waals surface area contributed by atoms with E-state index >= 15 is 0 Å². The molecule has 0 aromatic rings. The van der Waals surface area contributed by atoms with Crippen LogP contribution in [0.3, 0.4) is 0 Å². The Bertz CT molecular complexity index is 1890. The van der Waals surface area contributed by atoms with E-state index in [-0.39, 0.29) is 25.7 Å². The van der Waals surface area contributed by atoms with Crippen molar-refractivity contribution < 1.29 is 80.2 Å². The van der Waals surface area contributed by atoms with Crippen LogP contribution in [0.25, 0.3) is 0 Å². The van der Waals surface area contributed by atoms with Crippen molar-refractivity contribution in [2.75, 3.05) is 39.6 Å². The Morgan fingerprint density at radius 1 is 0.299 bits per heavy atom. The molecule has 0 aromatic carbocycles. The van der Waals surface area contributed by atoms with Gasteiger partial charge in [0.2, 0.25) is 0 Å². The fourth-order valence-corrected chi connectivity index (χ4v) is 13.5. The second-order valence-corrected chi connectivity index (χ2v) is 32.2. The maximum atomic E-state index is 13.1. The predicted molar refractivity (Wildman–Crippen MR) is 395 cm³/mol. The van der Waals surface area contributed by atoms with Crippen molar-refractivity contribution in [3.05, 3.63) is 0 Å². The number of carbonyl (C=O) groups is 4. The lowest BCUT2D eigenvalue weighted by atomic mass is 9.99. The zero-order valence-electron chi connectivity index (χ0n) is 63.5. The highest BCUT2D eigenvalue weighted by Gasteiger charge is 2.30. The number of rotatable bonds is 76. The molecule has 6 atom stereocenters. The van der Waals surface area contributed by atoms with Crippen molar-refractivity contribution in [2.24, 2.45) is 17.8 Å². The first-order valence-corrected chi connectivity index (χ1v) is 43.4. The predicted octanol–water partition coefficient (Wildman–Crippen LogP) is 23.0. The van der Waals surface area contributed by atoms with Gasteiger partial charge in [-0.15, -0.1) is 0 Å². The van der Waals surface area contributed by atoms with E-state index in [2.05, 4.69) is 48.5 Å². The molecule has 0 fully saturated rings. The molecule has 0 rings (SSSR count). The Balaban J connectivity index is 5.21. The highest BCUT2D eigenvalue weighted by Crippen LogP contribution is 2.45. The Hall–Kier alpha value is -1.94. The molecule has 0 spiro atoms. The number of aliphatic hydroxyl groups is 1. The van der Waals surface area contributed by atoms with Gasteiger partial charge in [0.1, 0.15) is 19.3 Å². The lowest BCUT2D eigenvalue weighted by molar-refractivity contribution is -0.161. The summed E-state index contributed by atoms with van der Waals surface area (Å²) in [5, 5.41) is 10.6. The standard InChI is InChI=1S/C78H152O17P2/c1-8-10-11-12-13-14-15-16-17-18-19-20-21-26-29-32-38-47-54-61-77(82)94-73(65-88-75(80)59-52-45-37-31-28-25-23-22-24-27-30-36-44-51-58-71(7)9-2)67-92-96(84,85)90-63-72(79)64-91-97(86,87)93-68-74(66-89-76(81)60-53-46-41-40-43-50-57-70(5)6)95-78(83)62-55-48-39-34-33-35-42-49-56-69(3)4/h69-74,79H,8-68H2,1-7H3,(H,84,85)(H,86,87)/t71?,72-,73-,74-/m1/s1. The number of ether oxygens (including phenoxy) is 4. The van der Waals surface area contributed by atoms with E-state index in [9.17, 15) is 43.2 Å². The van der Waals surface area contributed by atoms with Gasteiger partial charge in [-0.2, -0.15) is 0 Å². The number of hydrogen-bond acceptors (Lipinski definition) is 15. The van der Waals surface area contributed by atoms with Gasteiger partial charge in [0.25, 0.3) is 0 Å². The summed E-state index contributed by atoms with van der Waals surface area (Å²) >= 11 is 0. The average molecular weight is 1420 g/mol. The van der Waals surface area contributed by atoms with Gasteiger partial charge in [0, 0.05) is 25.7 Å². The minimum atomic E-state index is -4.96. The van der Waals surface area contributed by atoms with Crippen molar-refractivity contribution in [2.45, 2.75) is 420 Å². The third-order valence-corrected chi connectivity index (χ3v) is 20.4. The second kappa shape index (κ2) is 68.5. The molecule has 0 aliphatic heterocycles. The molecule has 0 heterocycles. The molecule has 3 N–H and O–H groups in total. The Kier molecular flexibility index (Phi) is 67.1. The van der Waals surface area contributed by atoms with Crippen molar-refractivity contribution in [1.29, 1.82) is 0 Å². The first kappa shape index (κ1) is 95.1. The number of aliphatic hydroxyl groups excluding tert-OH is 1. The highest BCUT2D eigenvalue weighted by molar-refractivity contribution is 7.47. The van der Waals surface area contributed by atoms with Gasteiger partial charge in [0.15, 0.2) is 12.2 Å². The molecule has 0 saturated heterocycles. The van der Waals surface area contributed by atoms with Crippen LogP contribution in [0, 0.1) is 17.8 Å². The topological polar surface area (TPSA) is 237 Å². The summed E-state index contributed by atoms with van der Waals surface area (Å²) in [6.07, 6.45) is 55.8. The molecule has 0 radical (unpaired) electrons. The number of phosphoric ester groups is 2. The number of phosphoric acid groups is 2. The SMILES string of the molecule is CCCCCCCCCCCCCCCCCCCCCC(=O)O[C@H](COC(=O)CCCCCCCCCCCCCCCCC(C)CC)COP(=O)(O)OC[C@@H](O)COP(=O)(O)OC[C@@H](COC(=O)CCCCCCCCC(C)C)OC(=O)CCCCCCCCCCC(C)C. The van der Waals surface area contributed by atoms with Crippen LogP contribution in [0.1, 0.15) is 402 Å². The van der Waals surface area contributed by atoms with Crippen molar-refractivity contribution in [3.63, 3.8) is 0 Å². The van der Waals surface area contributed by atoms with E-state index < -0.39 is 97.5 Å². The van der Waals surface area contributed by atoms with Crippen LogP contribution >= 0.6 is 15.6 Å². The van der Waals surface area contributed by atoms with Crippen LogP contribution in [0.4, 0.5) is 0 Å². The van der Waals surface area contributed by atoms with E-state index in [1.165, 1.54) is 205 Å². The molecule has 0 saturated carbocycles. The smallest absolute Gasteiger partial charge is 0.462 e. The number of hydrogen-bond donors (Lipinski definition) is 3. The van der Waals surface area contributed by atoms with Gasteiger partial charge >= 0.3 is 39.5 Å². The normalized spacial score (nSPS) is 14.3. The zero-order chi connectivity index (χ0) is 71.6. The first-order chi connectivity index (χ1) is 46.8. The third kappa shape index (κ3) is 70.9. The van der Waals surface area contributed by atoms with E-state index in [4.69, 9.17) is 37.0 Å². The molecule has 3 unspecified atom stereocenters. The van der Waals surface area contributed by atoms with Gasteiger partial charge in [-0.05, 0) is 43.4 Å². The van der Waals surface area contributed by atoms with E-state index in [0.717, 1.165) is 108 Å². The van der Waals surface area contributed by atoms with E-state index in [0.29, 0.717) is 31.6 Å². The van der Waals surface area contributed by atoms with Crippen molar-refractivity contribution in [3.8, 4) is 0 Å². The molecule has 0 bridgehead atoms. The van der Waals surface area contributed by atoms with Crippen LogP contribution in [0.5, 0.6) is 0 Å². The lowest BCUT2D eigenvalue weighted by Gasteiger charge is -2.21. The van der Waals surface area contributed by atoms with Gasteiger partial charge in [-0.1, -0.05) is 350 Å². The van der Waals surface area contributed by atoms with Gasteiger partial charge < -0.3 is 33.8 Å². The molecular weight excluding hydrogens is 1270 g/mol. The summed E-state index contributed by atoms with van der Waals surface area (Å²) in [7, 11) is -9.91.